The Hall–Kier alpha value is -3.72. The van der Waals surface area contributed by atoms with E-state index in [1.807, 2.05) is 31.1 Å². The smallest absolute Gasteiger partial charge is 0.336 e. The van der Waals surface area contributed by atoms with Crippen molar-refractivity contribution in [1.82, 2.24) is 9.13 Å². The number of benzene rings is 2. The summed E-state index contributed by atoms with van der Waals surface area (Å²) in [5, 5.41) is 4.41. The molecule has 1 N–H and O–H groups in total. The summed E-state index contributed by atoms with van der Waals surface area (Å²) >= 11 is 1.13. The van der Waals surface area contributed by atoms with Crippen LogP contribution >= 0.6 is 11.3 Å². The molecule has 9 heteroatoms. The third kappa shape index (κ3) is 3.87. The molecule has 0 aliphatic rings. The van der Waals surface area contributed by atoms with Gasteiger partial charge in [-0.3, -0.25) is 14.2 Å². The van der Waals surface area contributed by atoms with Gasteiger partial charge in [0.15, 0.2) is 0 Å². The molecular formula is C22H19FN4O3S. The van der Waals surface area contributed by atoms with Crippen molar-refractivity contribution >= 4 is 38.8 Å². The number of nitrogens with one attached hydrogen (secondary N) is 1. The van der Waals surface area contributed by atoms with Gasteiger partial charge in [-0.15, -0.1) is 11.3 Å². The number of anilines is 2. The van der Waals surface area contributed by atoms with Gasteiger partial charge in [0.05, 0.1) is 11.2 Å². The minimum atomic E-state index is -0.779. The molecule has 0 unspecified atom stereocenters. The van der Waals surface area contributed by atoms with E-state index in [-0.39, 0.29) is 16.9 Å². The standard InChI is InChI=1S/C22H19FN4O3S/c1-25(2)15-9-7-14(8-10-15)24-19(28)13-26-18-11-12-31-20(18)21(29)27(22(26)30)17-6-4-3-5-16(17)23/h3-12H,13H2,1-2H3,(H,24,28). The van der Waals surface area contributed by atoms with E-state index >= 15 is 0 Å². The second-order valence-electron chi connectivity index (χ2n) is 7.09. The molecule has 2 aromatic carbocycles. The van der Waals surface area contributed by atoms with Crippen LogP contribution in [0.1, 0.15) is 0 Å². The van der Waals surface area contributed by atoms with E-state index in [4.69, 9.17) is 0 Å². The summed E-state index contributed by atoms with van der Waals surface area (Å²) < 4.78 is 16.6. The Labute approximate surface area is 180 Å². The molecule has 0 atom stereocenters. The van der Waals surface area contributed by atoms with E-state index in [2.05, 4.69) is 5.32 Å². The van der Waals surface area contributed by atoms with Crippen molar-refractivity contribution in [2.45, 2.75) is 6.54 Å². The predicted molar refractivity (Wildman–Crippen MR) is 121 cm³/mol. The Bertz CT molecular complexity index is 1390. The van der Waals surface area contributed by atoms with E-state index in [1.165, 1.54) is 28.8 Å². The van der Waals surface area contributed by atoms with Gasteiger partial charge in [0.1, 0.15) is 17.1 Å². The van der Waals surface area contributed by atoms with Crippen LogP contribution in [0, 0.1) is 5.82 Å². The first kappa shape index (κ1) is 20.5. The van der Waals surface area contributed by atoms with Crippen molar-refractivity contribution in [3.63, 3.8) is 0 Å². The number of carbonyl (C=O) groups excluding carboxylic acids is 1. The van der Waals surface area contributed by atoms with Gasteiger partial charge in [-0.05, 0) is 47.8 Å². The number of nitrogens with zero attached hydrogens (tertiary/aromatic N) is 3. The largest absolute Gasteiger partial charge is 0.378 e. The Morgan fingerprint density at radius 1 is 1.06 bits per heavy atom. The number of amides is 1. The highest BCUT2D eigenvalue weighted by Crippen LogP contribution is 2.18. The lowest BCUT2D eigenvalue weighted by molar-refractivity contribution is -0.116. The first-order valence-electron chi connectivity index (χ1n) is 9.42. The second-order valence-corrected chi connectivity index (χ2v) is 8.00. The molecule has 0 aliphatic heterocycles. The average Bonchev–Trinajstić information content (AvgIpc) is 3.23. The topological polar surface area (TPSA) is 76.3 Å². The maximum atomic E-state index is 14.3. The molecule has 7 nitrogen and oxygen atoms in total. The summed E-state index contributed by atoms with van der Waals surface area (Å²) in [5.74, 6) is -1.14. The fraction of sp³-hybridized carbons (Fsp3) is 0.136. The molecular weight excluding hydrogens is 419 g/mol. The summed E-state index contributed by atoms with van der Waals surface area (Å²) in [5.41, 5.74) is 0.348. The van der Waals surface area contributed by atoms with Crippen LogP contribution in [0.15, 0.2) is 69.6 Å². The maximum Gasteiger partial charge on any atom is 0.336 e. The molecule has 2 aromatic heterocycles. The Balaban J connectivity index is 1.73. The molecule has 158 valence electrons. The lowest BCUT2D eigenvalue weighted by Gasteiger charge is -2.14. The van der Waals surface area contributed by atoms with Crippen LogP contribution in [0.5, 0.6) is 0 Å². The molecule has 4 aromatic rings. The second kappa shape index (κ2) is 8.19. The number of aromatic nitrogens is 2. The number of thiophene rings is 1. The monoisotopic (exact) mass is 438 g/mol. The van der Waals surface area contributed by atoms with E-state index in [0.29, 0.717) is 11.2 Å². The minimum Gasteiger partial charge on any atom is -0.378 e. The van der Waals surface area contributed by atoms with Crippen LogP contribution in [0.3, 0.4) is 0 Å². The normalized spacial score (nSPS) is 10.9. The van der Waals surface area contributed by atoms with Gasteiger partial charge < -0.3 is 10.2 Å². The average molecular weight is 438 g/mol. The highest BCUT2D eigenvalue weighted by Gasteiger charge is 2.19. The molecule has 0 fully saturated rings. The lowest BCUT2D eigenvalue weighted by Crippen LogP contribution is -2.40. The molecule has 0 radical (unpaired) electrons. The van der Waals surface area contributed by atoms with Gasteiger partial charge in [0.25, 0.3) is 5.56 Å². The fourth-order valence-corrected chi connectivity index (χ4v) is 4.10. The molecule has 31 heavy (non-hydrogen) atoms. The SMILES string of the molecule is CN(C)c1ccc(NC(=O)Cn2c(=O)n(-c3ccccc3F)c(=O)c3sccc32)cc1. The summed E-state index contributed by atoms with van der Waals surface area (Å²) in [6.45, 7) is -0.323. The van der Waals surface area contributed by atoms with Crippen LogP contribution in [-0.2, 0) is 11.3 Å². The fourth-order valence-electron chi connectivity index (χ4n) is 3.27. The van der Waals surface area contributed by atoms with Gasteiger partial charge in [-0.2, -0.15) is 0 Å². The van der Waals surface area contributed by atoms with Crippen molar-refractivity contribution in [3.05, 3.63) is 86.6 Å². The third-order valence-electron chi connectivity index (χ3n) is 4.82. The van der Waals surface area contributed by atoms with Gasteiger partial charge in [-0.1, -0.05) is 12.1 Å². The number of hydrogen-bond acceptors (Lipinski definition) is 5. The van der Waals surface area contributed by atoms with Gasteiger partial charge in [0, 0.05) is 25.5 Å². The zero-order chi connectivity index (χ0) is 22.1. The molecule has 0 bridgehead atoms. The molecule has 0 spiro atoms. The number of hydrogen-bond donors (Lipinski definition) is 1. The van der Waals surface area contributed by atoms with Crippen molar-refractivity contribution in [1.29, 1.82) is 0 Å². The van der Waals surface area contributed by atoms with Crippen molar-refractivity contribution in [2.24, 2.45) is 0 Å². The Morgan fingerprint density at radius 2 is 1.77 bits per heavy atom. The number of halogens is 1. The Kier molecular flexibility index (Phi) is 5.43. The zero-order valence-corrected chi connectivity index (χ0v) is 17.6. The predicted octanol–water partition coefficient (Wildman–Crippen LogP) is 3.06. The molecule has 2 heterocycles. The van der Waals surface area contributed by atoms with Gasteiger partial charge in [-0.25, -0.2) is 13.8 Å². The summed E-state index contributed by atoms with van der Waals surface area (Å²) in [7, 11) is 3.83. The van der Waals surface area contributed by atoms with E-state index in [1.54, 1.807) is 23.6 Å². The maximum absolute atomic E-state index is 14.3. The van der Waals surface area contributed by atoms with Crippen molar-refractivity contribution < 1.29 is 9.18 Å². The number of rotatable bonds is 5. The molecule has 1 amide bonds. The minimum absolute atomic E-state index is 0.152. The van der Waals surface area contributed by atoms with Crippen LogP contribution in [-0.4, -0.2) is 29.1 Å². The third-order valence-corrected chi connectivity index (χ3v) is 5.71. The lowest BCUT2D eigenvalue weighted by atomic mass is 10.2. The van der Waals surface area contributed by atoms with Crippen LogP contribution in [0.4, 0.5) is 15.8 Å². The quantitative estimate of drug-likeness (QED) is 0.520. The van der Waals surface area contributed by atoms with Crippen molar-refractivity contribution in [3.8, 4) is 5.69 Å². The number of carbonyl (C=O) groups is 1. The molecule has 4 rings (SSSR count). The number of para-hydroxylation sites is 1. The first-order chi connectivity index (χ1) is 14.9. The van der Waals surface area contributed by atoms with Crippen LogP contribution in [0.25, 0.3) is 15.9 Å². The van der Waals surface area contributed by atoms with Gasteiger partial charge >= 0.3 is 5.69 Å². The molecule has 0 saturated heterocycles. The summed E-state index contributed by atoms with van der Waals surface area (Å²) in [6.07, 6.45) is 0. The summed E-state index contributed by atoms with van der Waals surface area (Å²) in [6, 6.07) is 14.4. The highest BCUT2D eigenvalue weighted by molar-refractivity contribution is 7.17. The molecule has 0 aliphatic carbocycles. The number of fused-ring (bicyclic) bond motifs is 1. The molecule has 0 saturated carbocycles. The zero-order valence-electron chi connectivity index (χ0n) is 16.8. The van der Waals surface area contributed by atoms with Crippen LogP contribution < -0.4 is 21.5 Å². The Morgan fingerprint density at radius 3 is 2.45 bits per heavy atom. The van der Waals surface area contributed by atoms with E-state index < -0.39 is 23.0 Å². The van der Waals surface area contributed by atoms with E-state index in [9.17, 15) is 18.8 Å². The summed E-state index contributed by atoms with van der Waals surface area (Å²) in [4.78, 5) is 40.6. The van der Waals surface area contributed by atoms with E-state index in [0.717, 1.165) is 21.6 Å². The van der Waals surface area contributed by atoms with Crippen molar-refractivity contribution in [2.75, 3.05) is 24.3 Å². The van der Waals surface area contributed by atoms with Crippen LogP contribution in [0.2, 0.25) is 0 Å². The highest BCUT2D eigenvalue weighted by atomic mass is 32.1. The van der Waals surface area contributed by atoms with Gasteiger partial charge in [0.2, 0.25) is 5.91 Å². The first-order valence-corrected chi connectivity index (χ1v) is 10.3.